The summed E-state index contributed by atoms with van der Waals surface area (Å²) in [6, 6.07) is 4.61. The molecule has 1 aromatic rings. The van der Waals surface area contributed by atoms with Crippen LogP contribution in [0.4, 0.5) is 4.39 Å². The van der Waals surface area contributed by atoms with Crippen molar-refractivity contribution in [2.24, 2.45) is 11.7 Å². The van der Waals surface area contributed by atoms with Gasteiger partial charge in [-0.25, -0.2) is 4.39 Å². The van der Waals surface area contributed by atoms with E-state index >= 15 is 0 Å². The van der Waals surface area contributed by atoms with Gasteiger partial charge < -0.3 is 10.8 Å². The van der Waals surface area contributed by atoms with E-state index < -0.39 is 5.60 Å². The number of hydrogen-bond acceptors (Lipinski definition) is 2. The lowest BCUT2D eigenvalue weighted by Gasteiger charge is -2.31. The molecule has 0 bridgehead atoms. The molecule has 16 heavy (non-hydrogen) atoms. The Morgan fingerprint density at radius 1 is 1.44 bits per heavy atom. The van der Waals surface area contributed by atoms with Crippen molar-refractivity contribution in [2.45, 2.75) is 32.8 Å². The van der Waals surface area contributed by atoms with E-state index in [0.29, 0.717) is 6.42 Å². The van der Waals surface area contributed by atoms with Crippen molar-refractivity contribution in [1.29, 1.82) is 0 Å². The van der Waals surface area contributed by atoms with Crippen molar-refractivity contribution < 1.29 is 9.50 Å². The van der Waals surface area contributed by atoms with Crippen LogP contribution in [0.15, 0.2) is 18.2 Å². The lowest BCUT2D eigenvalue weighted by molar-refractivity contribution is 0.00393. The minimum Gasteiger partial charge on any atom is -0.388 e. The fourth-order valence-electron chi connectivity index (χ4n) is 1.70. The second kappa shape index (κ2) is 4.93. The van der Waals surface area contributed by atoms with Crippen LogP contribution in [-0.2, 0) is 6.42 Å². The molecule has 3 heteroatoms. The summed E-state index contributed by atoms with van der Waals surface area (Å²) in [6.07, 6.45) is 0.466. The summed E-state index contributed by atoms with van der Waals surface area (Å²) in [5, 5.41) is 10.3. The van der Waals surface area contributed by atoms with Gasteiger partial charge in [-0.15, -0.1) is 0 Å². The van der Waals surface area contributed by atoms with Crippen LogP contribution < -0.4 is 5.73 Å². The Labute approximate surface area is 96.3 Å². The number of nitrogens with two attached hydrogens (primary N) is 1. The van der Waals surface area contributed by atoms with Gasteiger partial charge in [0.1, 0.15) is 5.82 Å². The first-order valence-electron chi connectivity index (χ1n) is 5.56. The molecule has 0 spiro atoms. The SMILES string of the molecule is Cc1cc(F)ccc1CC(O)(CN)C(C)C. The quantitative estimate of drug-likeness (QED) is 0.823. The molecule has 1 rings (SSSR count). The predicted octanol–water partition coefficient (Wildman–Crippen LogP) is 2.02. The molecule has 0 saturated carbocycles. The molecule has 3 N–H and O–H groups in total. The van der Waals surface area contributed by atoms with E-state index in [-0.39, 0.29) is 18.3 Å². The minimum atomic E-state index is -0.914. The summed E-state index contributed by atoms with van der Waals surface area (Å²) in [6.45, 7) is 5.93. The average molecular weight is 225 g/mol. The summed E-state index contributed by atoms with van der Waals surface area (Å²) in [5.74, 6) is -0.177. The van der Waals surface area contributed by atoms with E-state index in [0.717, 1.165) is 11.1 Å². The largest absolute Gasteiger partial charge is 0.388 e. The number of aliphatic hydroxyl groups is 1. The maximum absolute atomic E-state index is 12.9. The molecule has 1 atom stereocenters. The molecule has 1 aromatic carbocycles. The second-order valence-electron chi connectivity index (χ2n) is 4.71. The van der Waals surface area contributed by atoms with E-state index in [4.69, 9.17) is 5.73 Å². The van der Waals surface area contributed by atoms with E-state index in [9.17, 15) is 9.50 Å². The molecule has 0 saturated heterocycles. The third-order valence-corrected chi connectivity index (χ3v) is 3.23. The first-order chi connectivity index (χ1) is 7.39. The summed E-state index contributed by atoms with van der Waals surface area (Å²) >= 11 is 0. The standard InChI is InChI=1S/C13H20FNO/c1-9(2)13(16,8-15)7-11-4-5-12(14)6-10(11)3/h4-6,9,16H,7-8,15H2,1-3H3. The monoisotopic (exact) mass is 225 g/mol. The highest BCUT2D eigenvalue weighted by molar-refractivity contribution is 5.28. The van der Waals surface area contributed by atoms with Crippen LogP contribution in [0.1, 0.15) is 25.0 Å². The lowest BCUT2D eigenvalue weighted by atomic mass is 9.83. The zero-order valence-electron chi connectivity index (χ0n) is 10.1. The zero-order valence-corrected chi connectivity index (χ0v) is 10.1. The number of halogens is 1. The van der Waals surface area contributed by atoms with Gasteiger partial charge in [0.25, 0.3) is 0 Å². The molecule has 1 unspecified atom stereocenters. The molecule has 0 aliphatic rings. The van der Waals surface area contributed by atoms with Gasteiger partial charge in [0.2, 0.25) is 0 Å². The molecule has 0 amide bonds. The van der Waals surface area contributed by atoms with Gasteiger partial charge in [0, 0.05) is 13.0 Å². The molecular formula is C13H20FNO. The topological polar surface area (TPSA) is 46.2 Å². The molecular weight excluding hydrogens is 205 g/mol. The maximum Gasteiger partial charge on any atom is 0.123 e. The third kappa shape index (κ3) is 2.80. The minimum absolute atomic E-state index is 0.0713. The van der Waals surface area contributed by atoms with Crippen molar-refractivity contribution in [3.63, 3.8) is 0 Å². The van der Waals surface area contributed by atoms with Crippen molar-refractivity contribution >= 4 is 0 Å². The number of aryl methyl sites for hydroxylation is 1. The highest BCUT2D eigenvalue weighted by atomic mass is 19.1. The Hall–Kier alpha value is -0.930. The Balaban J connectivity index is 2.95. The molecule has 0 aliphatic carbocycles. The van der Waals surface area contributed by atoms with Gasteiger partial charge in [-0.05, 0) is 36.1 Å². The van der Waals surface area contributed by atoms with Gasteiger partial charge >= 0.3 is 0 Å². The fraction of sp³-hybridized carbons (Fsp3) is 0.538. The molecule has 2 nitrogen and oxygen atoms in total. The van der Waals surface area contributed by atoms with Crippen molar-refractivity contribution in [2.75, 3.05) is 6.54 Å². The molecule has 90 valence electrons. The molecule has 0 aliphatic heterocycles. The van der Waals surface area contributed by atoms with Crippen LogP contribution in [0, 0.1) is 18.7 Å². The van der Waals surface area contributed by atoms with Crippen LogP contribution in [0.5, 0.6) is 0 Å². The van der Waals surface area contributed by atoms with Crippen LogP contribution >= 0.6 is 0 Å². The Kier molecular flexibility index (Phi) is 4.05. The van der Waals surface area contributed by atoms with E-state index in [1.807, 2.05) is 20.8 Å². The Morgan fingerprint density at radius 2 is 2.06 bits per heavy atom. The average Bonchev–Trinajstić information content (AvgIpc) is 2.22. The molecule has 0 heterocycles. The molecule has 0 aromatic heterocycles. The highest BCUT2D eigenvalue weighted by Gasteiger charge is 2.29. The third-order valence-electron chi connectivity index (χ3n) is 3.23. The second-order valence-corrected chi connectivity index (χ2v) is 4.71. The van der Waals surface area contributed by atoms with Gasteiger partial charge in [0.05, 0.1) is 5.60 Å². The van der Waals surface area contributed by atoms with Gasteiger partial charge in [-0.3, -0.25) is 0 Å². The lowest BCUT2D eigenvalue weighted by Crippen LogP contribution is -2.45. The van der Waals surface area contributed by atoms with E-state index in [2.05, 4.69) is 0 Å². The normalized spacial score (nSPS) is 15.2. The number of hydrogen-bond donors (Lipinski definition) is 2. The first kappa shape index (κ1) is 13.1. The Morgan fingerprint density at radius 3 is 2.50 bits per heavy atom. The summed E-state index contributed by atoms with van der Waals surface area (Å²) < 4.78 is 12.9. The number of benzene rings is 1. The zero-order chi connectivity index (χ0) is 12.3. The van der Waals surface area contributed by atoms with Crippen LogP contribution in [-0.4, -0.2) is 17.3 Å². The summed E-state index contributed by atoms with van der Waals surface area (Å²) in [7, 11) is 0. The Bertz CT molecular complexity index is 365. The van der Waals surface area contributed by atoms with Crippen molar-refractivity contribution in [3.8, 4) is 0 Å². The van der Waals surface area contributed by atoms with Crippen molar-refractivity contribution in [1.82, 2.24) is 0 Å². The van der Waals surface area contributed by atoms with Gasteiger partial charge in [0.15, 0.2) is 0 Å². The molecule has 0 radical (unpaired) electrons. The summed E-state index contributed by atoms with van der Waals surface area (Å²) in [4.78, 5) is 0. The van der Waals surface area contributed by atoms with Gasteiger partial charge in [-0.1, -0.05) is 19.9 Å². The van der Waals surface area contributed by atoms with Crippen LogP contribution in [0.3, 0.4) is 0 Å². The van der Waals surface area contributed by atoms with Crippen LogP contribution in [0.2, 0.25) is 0 Å². The predicted molar refractivity (Wildman–Crippen MR) is 63.7 cm³/mol. The van der Waals surface area contributed by atoms with E-state index in [1.165, 1.54) is 12.1 Å². The van der Waals surface area contributed by atoms with Crippen LogP contribution in [0.25, 0.3) is 0 Å². The summed E-state index contributed by atoms with van der Waals surface area (Å²) in [5.41, 5.74) is 6.50. The van der Waals surface area contributed by atoms with Crippen molar-refractivity contribution in [3.05, 3.63) is 35.1 Å². The number of rotatable bonds is 4. The highest BCUT2D eigenvalue weighted by Crippen LogP contribution is 2.23. The first-order valence-corrected chi connectivity index (χ1v) is 5.56. The maximum atomic E-state index is 12.9. The van der Waals surface area contributed by atoms with Gasteiger partial charge in [-0.2, -0.15) is 0 Å². The fourth-order valence-corrected chi connectivity index (χ4v) is 1.70. The molecule has 0 fully saturated rings. The smallest absolute Gasteiger partial charge is 0.123 e. The van der Waals surface area contributed by atoms with E-state index in [1.54, 1.807) is 6.07 Å².